The van der Waals surface area contributed by atoms with Crippen molar-refractivity contribution in [3.63, 3.8) is 0 Å². The van der Waals surface area contributed by atoms with E-state index in [1.165, 1.54) is 23.9 Å². The average molecular weight is 565 g/mol. The Kier molecular flexibility index (Phi) is 8.41. The Bertz CT molecular complexity index is 1400. The highest BCUT2D eigenvalue weighted by Crippen LogP contribution is 2.31. The van der Waals surface area contributed by atoms with Crippen LogP contribution >= 0.6 is 46.6 Å². The van der Waals surface area contributed by atoms with Gasteiger partial charge < -0.3 is 10.6 Å². The van der Waals surface area contributed by atoms with Crippen LogP contribution < -0.4 is 10.6 Å². The van der Waals surface area contributed by atoms with Crippen LogP contribution in [-0.2, 0) is 5.75 Å². The number of nitrogens with zero attached hydrogens (tertiary/aromatic N) is 3. The summed E-state index contributed by atoms with van der Waals surface area (Å²) in [5.41, 5.74) is 3.10. The van der Waals surface area contributed by atoms with Crippen LogP contribution in [0, 0.1) is 12.7 Å². The number of hydrogen-bond donors (Lipinski definition) is 2. The zero-order valence-electron chi connectivity index (χ0n) is 19.2. The van der Waals surface area contributed by atoms with Crippen molar-refractivity contribution >= 4 is 58.3 Å². The first kappa shape index (κ1) is 26.3. The predicted molar refractivity (Wildman–Crippen MR) is 144 cm³/mol. The van der Waals surface area contributed by atoms with Crippen molar-refractivity contribution in [2.24, 2.45) is 0 Å². The van der Waals surface area contributed by atoms with Crippen molar-refractivity contribution in [2.75, 3.05) is 5.32 Å². The molecule has 2 N–H and O–H groups in total. The van der Waals surface area contributed by atoms with Crippen molar-refractivity contribution < 1.29 is 9.18 Å². The molecule has 1 heterocycles. The van der Waals surface area contributed by atoms with Crippen LogP contribution in [0.15, 0.2) is 65.8 Å². The highest BCUT2D eigenvalue weighted by molar-refractivity contribution is 7.98. The van der Waals surface area contributed by atoms with Crippen molar-refractivity contribution in [1.82, 2.24) is 20.1 Å². The monoisotopic (exact) mass is 563 g/mol. The molecule has 36 heavy (non-hydrogen) atoms. The number of aromatic nitrogens is 3. The third kappa shape index (κ3) is 6.31. The quantitative estimate of drug-likeness (QED) is 0.224. The molecule has 0 saturated heterocycles. The Morgan fingerprint density at radius 2 is 1.72 bits per heavy atom. The van der Waals surface area contributed by atoms with E-state index in [1.807, 2.05) is 23.6 Å². The van der Waals surface area contributed by atoms with Gasteiger partial charge in [-0.15, -0.1) is 10.2 Å². The SMILES string of the molecule is Cc1ccc(Cl)cc1-n1c(SCc2ccc(F)cc2)nnc1C(C)NC(=O)Nc1ccc(Cl)cc1Cl. The average Bonchev–Trinajstić information content (AvgIpc) is 3.26. The first-order chi connectivity index (χ1) is 17.2. The Labute approximate surface area is 227 Å². The summed E-state index contributed by atoms with van der Waals surface area (Å²) in [7, 11) is 0. The fourth-order valence-corrected chi connectivity index (χ4v) is 4.97. The molecular weight excluding hydrogens is 544 g/mol. The van der Waals surface area contributed by atoms with Gasteiger partial charge in [0.1, 0.15) is 5.82 Å². The summed E-state index contributed by atoms with van der Waals surface area (Å²) in [5, 5.41) is 16.3. The largest absolute Gasteiger partial charge is 0.328 e. The standard InChI is InChI=1S/C25H21Cl3FN5OS/c1-14-3-6-18(27)12-22(14)34-23(32-33-25(34)36-13-16-4-8-19(29)9-5-16)15(2)30-24(35)31-21-10-7-17(26)11-20(21)28/h3-12,15H,13H2,1-2H3,(H2,30,31,35). The molecule has 4 rings (SSSR count). The Morgan fingerprint density at radius 3 is 2.44 bits per heavy atom. The van der Waals surface area contributed by atoms with Gasteiger partial charge in [0.25, 0.3) is 0 Å². The first-order valence-electron chi connectivity index (χ1n) is 10.8. The van der Waals surface area contributed by atoms with Crippen LogP contribution in [0.25, 0.3) is 5.69 Å². The summed E-state index contributed by atoms with van der Waals surface area (Å²) in [6, 6.07) is 15.6. The molecule has 186 valence electrons. The van der Waals surface area contributed by atoms with Crippen LogP contribution in [0.5, 0.6) is 0 Å². The fourth-order valence-electron chi connectivity index (χ4n) is 3.44. The van der Waals surface area contributed by atoms with E-state index in [0.29, 0.717) is 37.5 Å². The molecule has 0 fully saturated rings. The predicted octanol–water partition coefficient (Wildman–Crippen LogP) is 7.85. The number of hydrogen-bond acceptors (Lipinski definition) is 4. The minimum Gasteiger partial charge on any atom is -0.328 e. The van der Waals surface area contributed by atoms with Crippen LogP contribution in [0.3, 0.4) is 0 Å². The van der Waals surface area contributed by atoms with Gasteiger partial charge in [-0.1, -0.05) is 64.8 Å². The number of carbonyl (C=O) groups excluding carboxylic acids is 1. The van der Waals surface area contributed by atoms with Gasteiger partial charge >= 0.3 is 6.03 Å². The molecule has 0 bridgehead atoms. The number of urea groups is 1. The Morgan fingerprint density at radius 1 is 1.03 bits per heavy atom. The van der Waals surface area contributed by atoms with E-state index in [9.17, 15) is 9.18 Å². The highest BCUT2D eigenvalue weighted by atomic mass is 35.5. The molecule has 0 aliphatic carbocycles. The second-order valence-corrected chi connectivity index (χ2v) is 10.2. The number of amides is 2. The number of carbonyl (C=O) groups is 1. The van der Waals surface area contributed by atoms with E-state index in [1.54, 1.807) is 43.3 Å². The van der Waals surface area contributed by atoms with Crippen LogP contribution in [0.4, 0.5) is 14.9 Å². The maximum atomic E-state index is 13.3. The van der Waals surface area contributed by atoms with E-state index >= 15 is 0 Å². The van der Waals surface area contributed by atoms with Gasteiger partial charge in [0.2, 0.25) is 0 Å². The molecule has 6 nitrogen and oxygen atoms in total. The molecule has 0 aliphatic rings. The van der Waals surface area contributed by atoms with Crippen LogP contribution in [0.2, 0.25) is 15.1 Å². The van der Waals surface area contributed by atoms with Crippen molar-refractivity contribution in [3.8, 4) is 5.69 Å². The lowest BCUT2D eigenvalue weighted by Gasteiger charge is -2.18. The van der Waals surface area contributed by atoms with Gasteiger partial charge in [0.05, 0.1) is 22.4 Å². The molecule has 2 amide bonds. The fraction of sp³-hybridized carbons (Fsp3) is 0.160. The van der Waals surface area contributed by atoms with Gasteiger partial charge in [0.15, 0.2) is 11.0 Å². The number of anilines is 1. The lowest BCUT2D eigenvalue weighted by atomic mass is 10.2. The molecule has 1 atom stereocenters. The minimum atomic E-state index is -0.526. The number of nitrogens with one attached hydrogen (secondary N) is 2. The van der Waals surface area contributed by atoms with Crippen molar-refractivity contribution in [2.45, 2.75) is 30.8 Å². The maximum Gasteiger partial charge on any atom is 0.319 e. The summed E-state index contributed by atoms with van der Waals surface area (Å²) in [6.07, 6.45) is 0. The molecule has 0 radical (unpaired) electrons. The Hall–Kier alpha value is -2.78. The highest BCUT2D eigenvalue weighted by Gasteiger charge is 2.22. The summed E-state index contributed by atoms with van der Waals surface area (Å²) in [4.78, 5) is 12.7. The molecule has 11 heteroatoms. The number of rotatable bonds is 7. The lowest BCUT2D eigenvalue weighted by Crippen LogP contribution is -2.32. The summed E-state index contributed by atoms with van der Waals surface area (Å²) < 4.78 is 15.2. The maximum absolute atomic E-state index is 13.3. The van der Waals surface area contributed by atoms with Crippen LogP contribution in [-0.4, -0.2) is 20.8 Å². The molecule has 0 aliphatic heterocycles. The first-order valence-corrected chi connectivity index (χ1v) is 12.9. The van der Waals surface area contributed by atoms with E-state index in [2.05, 4.69) is 20.8 Å². The molecule has 0 saturated carbocycles. The zero-order valence-corrected chi connectivity index (χ0v) is 22.3. The van der Waals surface area contributed by atoms with Gasteiger partial charge in [-0.05, 0) is 67.4 Å². The molecule has 3 aromatic carbocycles. The number of benzene rings is 3. The van der Waals surface area contributed by atoms with Gasteiger partial charge in [-0.2, -0.15) is 0 Å². The molecular formula is C25H21Cl3FN5OS. The second kappa shape index (κ2) is 11.5. The van der Waals surface area contributed by atoms with E-state index in [4.69, 9.17) is 34.8 Å². The second-order valence-electron chi connectivity index (χ2n) is 7.97. The molecule has 1 unspecified atom stereocenters. The summed E-state index contributed by atoms with van der Waals surface area (Å²) >= 11 is 19.9. The van der Waals surface area contributed by atoms with Crippen molar-refractivity contribution in [1.29, 1.82) is 0 Å². The number of thioether (sulfide) groups is 1. The third-order valence-electron chi connectivity index (χ3n) is 5.27. The lowest BCUT2D eigenvalue weighted by molar-refractivity contribution is 0.249. The Balaban J connectivity index is 1.60. The number of halogens is 4. The minimum absolute atomic E-state index is 0.290. The smallest absolute Gasteiger partial charge is 0.319 e. The van der Waals surface area contributed by atoms with Crippen LogP contribution in [0.1, 0.15) is 29.9 Å². The van der Waals surface area contributed by atoms with E-state index in [0.717, 1.165) is 16.8 Å². The van der Waals surface area contributed by atoms with Gasteiger partial charge in [-0.3, -0.25) is 4.57 Å². The zero-order chi connectivity index (χ0) is 25.8. The molecule has 0 spiro atoms. The molecule has 1 aromatic heterocycles. The van der Waals surface area contributed by atoms with Crippen molar-refractivity contribution in [3.05, 3.63) is 98.5 Å². The molecule has 4 aromatic rings. The topological polar surface area (TPSA) is 71.8 Å². The van der Waals surface area contributed by atoms with E-state index < -0.39 is 12.1 Å². The summed E-state index contributed by atoms with van der Waals surface area (Å²) in [6.45, 7) is 3.76. The number of aryl methyl sites for hydroxylation is 1. The van der Waals surface area contributed by atoms with Gasteiger partial charge in [0, 0.05) is 15.8 Å². The normalized spacial score (nSPS) is 11.8. The van der Waals surface area contributed by atoms with E-state index in [-0.39, 0.29) is 5.82 Å². The third-order valence-corrected chi connectivity index (χ3v) is 7.05. The summed E-state index contributed by atoms with van der Waals surface area (Å²) in [5.74, 6) is 0.774. The van der Waals surface area contributed by atoms with Gasteiger partial charge in [-0.25, -0.2) is 9.18 Å².